The third-order valence-corrected chi connectivity index (χ3v) is 1.72. The maximum atomic E-state index is 13.2. The molecule has 0 aliphatic carbocycles. The fraction of sp³-hybridized carbons (Fsp3) is 0.100. The molecule has 66 valence electrons. The van der Waals surface area contributed by atoms with E-state index < -0.39 is 0 Å². The van der Waals surface area contributed by atoms with Gasteiger partial charge in [0.2, 0.25) is 5.89 Å². The number of oxazole rings is 1. The molecule has 0 saturated heterocycles. The van der Waals surface area contributed by atoms with Crippen LogP contribution in [0.3, 0.4) is 0 Å². The quantitative estimate of drug-likeness (QED) is 0.669. The van der Waals surface area contributed by atoms with Crippen molar-refractivity contribution in [2.45, 2.75) is 6.92 Å². The maximum absolute atomic E-state index is 13.2. The average Bonchev–Trinajstić information content (AvgIpc) is 2.53. The van der Waals surface area contributed by atoms with Gasteiger partial charge in [0.05, 0.1) is 11.3 Å². The summed E-state index contributed by atoms with van der Waals surface area (Å²) in [7, 11) is 0. The third-order valence-electron chi connectivity index (χ3n) is 1.72. The number of aryl methyl sites for hydroxylation is 1. The number of nitrogens with zero attached hydrogens (tertiary/aromatic N) is 1. The minimum Gasteiger partial charge on any atom is -0.444 e. The van der Waals surface area contributed by atoms with Crippen LogP contribution in [0.15, 0.2) is 34.9 Å². The summed E-state index contributed by atoms with van der Waals surface area (Å²) in [6.07, 6.45) is 1.50. The maximum Gasteiger partial charge on any atom is 0.229 e. The van der Waals surface area contributed by atoms with Gasteiger partial charge in [-0.1, -0.05) is 12.1 Å². The summed E-state index contributed by atoms with van der Waals surface area (Å²) in [6.45, 7) is 1.80. The largest absolute Gasteiger partial charge is 0.444 e. The van der Waals surface area contributed by atoms with Crippen molar-refractivity contribution in [3.8, 4) is 11.5 Å². The van der Waals surface area contributed by atoms with Gasteiger partial charge in [-0.15, -0.1) is 0 Å². The standard InChI is InChI=1S/C10H8FNO/c1-7-6-13-10(12-7)8-4-2-3-5-9(8)11/h2-6H,1H3. The molecule has 0 unspecified atom stereocenters. The second kappa shape index (κ2) is 3.01. The molecule has 0 amide bonds. The molecule has 1 heterocycles. The van der Waals surface area contributed by atoms with Gasteiger partial charge in [0.15, 0.2) is 0 Å². The molecule has 0 bridgehead atoms. The Bertz CT molecular complexity index is 422. The van der Waals surface area contributed by atoms with Gasteiger partial charge in [0.1, 0.15) is 12.1 Å². The fourth-order valence-electron chi connectivity index (χ4n) is 1.11. The zero-order valence-electron chi connectivity index (χ0n) is 7.12. The Morgan fingerprint density at radius 2 is 2.08 bits per heavy atom. The van der Waals surface area contributed by atoms with Gasteiger partial charge in [-0.3, -0.25) is 0 Å². The summed E-state index contributed by atoms with van der Waals surface area (Å²) in [6, 6.07) is 6.40. The van der Waals surface area contributed by atoms with Gasteiger partial charge in [-0.2, -0.15) is 0 Å². The highest BCUT2D eigenvalue weighted by atomic mass is 19.1. The van der Waals surface area contributed by atoms with E-state index in [1.54, 1.807) is 25.1 Å². The molecule has 0 saturated carbocycles. The molecule has 0 aliphatic rings. The van der Waals surface area contributed by atoms with Gasteiger partial charge < -0.3 is 4.42 Å². The summed E-state index contributed by atoms with van der Waals surface area (Å²) in [4.78, 5) is 4.04. The molecule has 3 heteroatoms. The minimum atomic E-state index is -0.315. The van der Waals surface area contributed by atoms with Crippen LogP contribution in [0.2, 0.25) is 0 Å². The first kappa shape index (κ1) is 7.98. The van der Waals surface area contributed by atoms with Crippen LogP contribution in [0.1, 0.15) is 5.69 Å². The Labute approximate surface area is 75.0 Å². The van der Waals surface area contributed by atoms with Crippen LogP contribution in [0.25, 0.3) is 11.5 Å². The first-order valence-corrected chi connectivity index (χ1v) is 3.94. The Morgan fingerprint density at radius 1 is 1.31 bits per heavy atom. The van der Waals surface area contributed by atoms with E-state index in [-0.39, 0.29) is 5.82 Å². The lowest BCUT2D eigenvalue weighted by Gasteiger charge is -1.95. The van der Waals surface area contributed by atoms with Crippen LogP contribution in [-0.4, -0.2) is 4.98 Å². The number of hydrogen-bond donors (Lipinski definition) is 0. The third kappa shape index (κ3) is 1.45. The second-order valence-electron chi connectivity index (χ2n) is 2.77. The van der Waals surface area contributed by atoms with E-state index >= 15 is 0 Å². The number of hydrogen-bond acceptors (Lipinski definition) is 2. The molecule has 2 rings (SSSR count). The Hall–Kier alpha value is -1.64. The summed E-state index contributed by atoms with van der Waals surface area (Å²) in [5.74, 6) is 0.0138. The zero-order chi connectivity index (χ0) is 9.26. The lowest BCUT2D eigenvalue weighted by molar-refractivity contribution is 0.561. The molecular weight excluding hydrogens is 169 g/mol. The summed E-state index contributed by atoms with van der Waals surface area (Å²) in [5, 5.41) is 0. The van der Waals surface area contributed by atoms with Crippen LogP contribution in [0.4, 0.5) is 4.39 Å². The highest BCUT2D eigenvalue weighted by Gasteiger charge is 2.08. The first-order valence-electron chi connectivity index (χ1n) is 3.94. The van der Waals surface area contributed by atoms with Crippen molar-refractivity contribution < 1.29 is 8.81 Å². The van der Waals surface area contributed by atoms with E-state index in [4.69, 9.17) is 4.42 Å². The summed E-state index contributed by atoms with van der Waals surface area (Å²) in [5.41, 5.74) is 1.15. The summed E-state index contributed by atoms with van der Waals surface area (Å²) < 4.78 is 18.3. The Morgan fingerprint density at radius 3 is 2.69 bits per heavy atom. The first-order chi connectivity index (χ1) is 6.27. The molecule has 1 aromatic heterocycles. The molecule has 0 radical (unpaired) electrons. The normalized spacial score (nSPS) is 10.3. The van der Waals surface area contributed by atoms with Crippen molar-refractivity contribution in [2.24, 2.45) is 0 Å². The number of halogens is 1. The van der Waals surface area contributed by atoms with E-state index in [1.807, 2.05) is 0 Å². The van der Waals surface area contributed by atoms with Gasteiger partial charge in [-0.25, -0.2) is 9.37 Å². The highest BCUT2D eigenvalue weighted by Crippen LogP contribution is 2.20. The number of aromatic nitrogens is 1. The number of rotatable bonds is 1. The van der Waals surface area contributed by atoms with Crippen molar-refractivity contribution in [3.63, 3.8) is 0 Å². The lowest BCUT2D eigenvalue weighted by Crippen LogP contribution is -1.83. The molecule has 2 aromatic rings. The van der Waals surface area contributed by atoms with E-state index in [1.165, 1.54) is 12.3 Å². The molecule has 0 spiro atoms. The van der Waals surface area contributed by atoms with Crippen LogP contribution in [0, 0.1) is 12.7 Å². The molecular formula is C10H8FNO. The SMILES string of the molecule is Cc1coc(-c2ccccc2F)n1. The van der Waals surface area contributed by atoms with E-state index in [9.17, 15) is 4.39 Å². The van der Waals surface area contributed by atoms with Crippen LogP contribution in [0.5, 0.6) is 0 Å². The Balaban J connectivity index is 2.52. The van der Waals surface area contributed by atoms with Crippen molar-refractivity contribution in [2.75, 3.05) is 0 Å². The number of benzene rings is 1. The van der Waals surface area contributed by atoms with E-state index in [0.29, 0.717) is 11.5 Å². The molecule has 2 nitrogen and oxygen atoms in total. The minimum absolute atomic E-state index is 0.315. The van der Waals surface area contributed by atoms with Gasteiger partial charge in [0.25, 0.3) is 0 Å². The molecule has 0 aliphatic heterocycles. The monoisotopic (exact) mass is 177 g/mol. The van der Waals surface area contributed by atoms with Crippen LogP contribution >= 0.6 is 0 Å². The predicted octanol–water partition coefficient (Wildman–Crippen LogP) is 2.79. The Kier molecular flexibility index (Phi) is 1.85. The molecule has 13 heavy (non-hydrogen) atoms. The smallest absolute Gasteiger partial charge is 0.229 e. The van der Waals surface area contributed by atoms with Gasteiger partial charge in [0, 0.05) is 0 Å². The fourth-order valence-corrected chi connectivity index (χ4v) is 1.11. The molecule has 0 atom stereocenters. The topological polar surface area (TPSA) is 26.0 Å². The lowest BCUT2D eigenvalue weighted by atomic mass is 10.2. The zero-order valence-corrected chi connectivity index (χ0v) is 7.12. The van der Waals surface area contributed by atoms with Gasteiger partial charge >= 0.3 is 0 Å². The predicted molar refractivity (Wildman–Crippen MR) is 46.6 cm³/mol. The van der Waals surface area contributed by atoms with Crippen LogP contribution < -0.4 is 0 Å². The van der Waals surface area contributed by atoms with Gasteiger partial charge in [-0.05, 0) is 19.1 Å². The summed E-state index contributed by atoms with van der Waals surface area (Å²) >= 11 is 0. The molecule has 0 N–H and O–H groups in total. The molecule has 0 fully saturated rings. The molecule has 1 aromatic carbocycles. The average molecular weight is 177 g/mol. The van der Waals surface area contributed by atoms with Crippen molar-refractivity contribution >= 4 is 0 Å². The van der Waals surface area contributed by atoms with E-state index in [2.05, 4.69) is 4.98 Å². The van der Waals surface area contributed by atoms with Crippen LogP contribution in [-0.2, 0) is 0 Å². The second-order valence-corrected chi connectivity index (χ2v) is 2.77. The van der Waals surface area contributed by atoms with E-state index in [0.717, 1.165) is 5.69 Å². The highest BCUT2D eigenvalue weighted by molar-refractivity contribution is 5.53. The van der Waals surface area contributed by atoms with Crippen molar-refractivity contribution in [1.82, 2.24) is 4.98 Å². The van der Waals surface area contributed by atoms with Crippen molar-refractivity contribution in [3.05, 3.63) is 42.0 Å². The van der Waals surface area contributed by atoms with Crippen molar-refractivity contribution in [1.29, 1.82) is 0 Å².